The van der Waals surface area contributed by atoms with Crippen LogP contribution in [0, 0.1) is 0 Å². The molecule has 22 heavy (non-hydrogen) atoms. The van der Waals surface area contributed by atoms with Crippen molar-refractivity contribution >= 4 is 25.8 Å². The Labute approximate surface area is 129 Å². The molecule has 2 N–H and O–H groups in total. The van der Waals surface area contributed by atoms with E-state index >= 15 is 0 Å². The summed E-state index contributed by atoms with van der Waals surface area (Å²) in [5, 5.41) is 9.02. The van der Waals surface area contributed by atoms with E-state index in [1.165, 1.54) is 31.4 Å². The normalized spacial score (nSPS) is 13.5. The summed E-state index contributed by atoms with van der Waals surface area (Å²) in [6.07, 6.45) is 0.591. The van der Waals surface area contributed by atoms with Crippen molar-refractivity contribution in [2.24, 2.45) is 0 Å². The van der Waals surface area contributed by atoms with Crippen LogP contribution in [-0.2, 0) is 24.7 Å². The van der Waals surface area contributed by atoms with Crippen LogP contribution in [0.1, 0.15) is 6.42 Å². The van der Waals surface area contributed by atoms with E-state index in [0.717, 1.165) is 6.26 Å². The highest BCUT2D eigenvalue weighted by Crippen LogP contribution is 2.16. The molecule has 124 valence electrons. The molecule has 1 atom stereocenters. The van der Waals surface area contributed by atoms with Crippen molar-refractivity contribution in [2.45, 2.75) is 17.4 Å². The van der Waals surface area contributed by atoms with Crippen molar-refractivity contribution in [3.8, 4) is 5.75 Å². The van der Waals surface area contributed by atoms with E-state index in [4.69, 9.17) is 9.84 Å². The fraction of sp³-hybridized carbons (Fsp3) is 0.417. The van der Waals surface area contributed by atoms with Gasteiger partial charge in [-0.3, -0.25) is 4.79 Å². The van der Waals surface area contributed by atoms with Crippen molar-refractivity contribution in [1.82, 2.24) is 4.72 Å². The van der Waals surface area contributed by atoms with Gasteiger partial charge in [-0.2, -0.15) is 4.72 Å². The third-order valence-electron chi connectivity index (χ3n) is 2.74. The molecular formula is C12H17NO7S2. The summed E-state index contributed by atoms with van der Waals surface area (Å²) in [4.78, 5) is 10.9. The number of carboxylic acids is 1. The number of carboxylic acid groups (broad SMARTS) is 1. The molecule has 0 spiro atoms. The van der Waals surface area contributed by atoms with E-state index in [2.05, 4.69) is 0 Å². The number of ether oxygens (including phenoxy) is 1. The quantitative estimate of drug-likeness (QED) is 0.667. The molecule has 0 aliphatic carbocycles. The van der Waals surface area contributed by atoms with Crippen molar-refractivity contribution < 1.29 is 31.5 Å². The molecule has 0 saturated heterocycles. The minimum absolute atomic E-state index is 0.140. The molecule has 0 fully saturated rings. The predicted molar refractivity (Wildman–Crippen MR) is 79.1 cm³/mol. The zero-order chi connectivity index (χ0) is 17.0. The first-order valence-electron chi connectivity index (χ1n) is 6.12. The molecule has 0 radical (unpaired) electrons. The number of hydrogen-bond acceptors (Lipinski definition) is 6. The monoisotopic (exact) mass is 351 g/mol. The van der Waals surface area contributed by atoms with E-state index in [1.54, 1.807) is 0 Å². The Balaban J connectivity index is 2.92. The van der Waals surface area contributed by atoms with Crippen molar-refractivity contribution in [1.29, 1.82) is 0 Å². The van der Waals surface area contributed by atoms with E-state index < -0.39 is 37.6 Å². The molecule has 0 unspecified atom stereocenters. The summed E-state index contributed by atoms with van der Waals surface area (Å²) in [6, 6.07) is 3.83. The van der Waals surface area contributed by atoms with Gasteiger partial charge in [0.15, 0.2) is 0 Å². The molecule has 1 aromatic carbocycles. The Morgan fingerprint density at radius 2 is 1.77 bits per heavy atom. The van der Waals surface area contributed by atoms with Gasteiger partial charge in [-0.05, 0) is 30.7 Å². The van der Waals surface area contributed by atoms with Crippen molar-refractivity contribution in [3.63, 3.8) is 0 Å². The van der Waals surface area contributed by atoms with E-state index in [1.807, 2.05) is 4.72 Å². The smallest absolute Gasteiger partial charge is 0.321 e. The second kappa shape index (κ2) is 7.07. The van der Waals surface area contributed by atoms with Gasteiger partial charge in [0.2, 0.25) is 10.0 Å². The van der Waals surface area contributed by atoms with Crippen LogP contribution in [0.4, 0.5) is 0 Å². The summed E-state index contributed by atoms with van der Waals surface area (Å²) < 4.78 is 53.3. The standard InChI is InChI=1S/C12H17NO7S2/c1-20-9-3-5-10(6-4-9)22(18,19)13-11(12(14)15)7-8-21(2,16)17/h3-6,11,13H,7-8H2,1-2H3,(H,14,15)/t11-/m1/s1. The highest BCUT2D eigenvalue weighted by Gasteiger charge is 2.26. The van der Waals surface area contributed by atoms with E-state index in [-0.39, 0.29) is 11.3 Å². The van der Waals surface area contributed by atoms with Crippen LogP contribution in [0.5, 0.6) is 5.75 Å². The van der Waals surface area contributed by atoms with Gasteiger partial charge in [-0.15, -0.1) is 0 Å². The van der Waals surface area contributed by atoms with Gasteiger partial charge in [0.25, 0.3) is 0 Å². The summed E-state index contributed by atoms with van der Waals surface area (Å²) >= 11 is 0. The molecule has 0 aromatic heterocycles. The fourth-order valence-electron chi connectivity index (χ4n) is 1.57. The van der Waals surface area contributed by atoms with Crippen molar-refractivity contribution in [2.75, 3.05) is 19.1 Å². The number of rotatable bonds is 8. The Bertz CT molecular complexity index is 723. The number of sulfone groups is 1. The van der Waals surface area contributed by atoms with Gasteiger partial charge in [-0.25, -0.2) is 16.8 Å². The van der Waals surface area contributed by atoms with Gasteiger partial charge < -0.3 is 9.84 Å². The molecule has 1 rings (SSSR count). The first-order chi connectivity index (χ1) is 10.0. The van der Waals surface area contributed by atoms with Gasteiger partial charge >= 0.3 is 5.97 Å². The maximum atomic E-state index is 12.1. The van der Waals surface area contributed by atoms with Gasteiger partial charge in [0.05, 0.1) is 17.8 Å². The average molecular weight is 351 g/mol. The zero-order valence-corrected chi connectivity index (χ0v) is 13.6. The maximum Gasteiger partial charge on any atom is 0.321 e. The number of aliphatic carboxylic acids is 1. The Morgan fingerprint density at radius 1 is 1.23 bits per heavy atom. The maximum absolute atomic E-state index is 12.1. The third-order valence-corrected chi connectivity index (χ3v) is 5.21. The largest absolute Gasteiger partial charge is 0.497 e. The summed E-state index contributed by atoms with van der Waals surface area (Å²) in [6.45, 7) is 0. The Hall–Kier alpha value is -1.65. The number of nitrogens with one attached hydrogen (secondary N) is 1. The van der Waals surface area contributed by atoms with Crippen LogP contribution < -0.4 is 9.46 Å². The zero-order valence-electron chi connectivity index (χ0n) is 12.0. The summed E-state index contributed by atoms with van der Waals surface area (Å²) in [5.41, 5.74) is 0. The first-order valence-corrected chi connectivity index (χ1v) is 9.66. The summed E-state index contributed by atoms with van der Waals surface area (Å²) in [7, 11) is -6.05. The summed E-state index contributed by atoms with van der Waals surface area (Å²) in [5.74, 6) is -1.43. The molecule has 0 bridgehead atoms. The Morgan fingerprint density at radius 3 is 2.18 bits per heavy atom. The van der Waals surface area contributed by atoms with Crippen LogP contribution in [0.3, 0.4) is 0 Å². The van der Waals surface area contributed by atoms with Gasteiger partial charge in [-0.1, -0.05) is 0 Å². The first kappa shape index (κ1) is 18.4. The number of methoxy groups -OCH3 is 1. The minimum Gasteiger partial charge on any atom is -0.497 e. The highest BCUT2D eigenvalue weighted by molar-refractivity contribution is 7.90. The molecule has 1 aromatic rings. The fourth-order valence-corrected chi connectivity index (χ4v) is 3.46. The van der Waals surface area contributed by atoms with Crippen LogP contribution in [-0.4, -0.2) is 53.1 Å². The number of sulfonamides is 1. The van der Waals surface area contributed by atoms with Crippen LogP contribution in [0.15, 0.2) is 29.2 Å². The lowest BCUT2D eigenvalue weighted by Gasteiger charge is -2.14. The topological polar surface area (TPSA) is 127 Å². The van der Waals surface area contributed by atoms with Crippen LogP contribution in [0.25, 0.3) is 0 Å². The number of carbonyl (C=O) groups is 1. The van der Waals surface area contributed by atoms with Crippen LogP contribution in [0.2, 0.25) is 0 Å². The molecule has 0 heterocycles. The molecule has 0 aliphatic rings. The molecule has 8 nitrogen and oxygen atoms in total. The molecule has 10 heteroatoms. The van der Waals surface area contributed by atoms with E-state index in [9.17, 15) is 21.6 Å². The van der Waals surface area contributed by atoms with Gasteiger partial charge in [0.1, 0.15) is 21.6 Å². The highest BCUT2D eigenvalue weighted by atomic mass is 32.2. The Kier molecular flexibility index (Phi) is 5.92. The van der Waals surface area contributed by atoms with Crippen LogP contribution >= 0.6 is 0 Å². The molecule has 0 saturated carbocycles. The van der Waals surface area contributed by atoms with E-state index in [0.29, 0.717) is 5.75 Å². The molecule has 0 aliphatic heterocycles. The third kappa shape index (κ3) is 5.62. The second-order valence-electron chi connectivity index (χ2n) is 4.61. The lowest BCUT2D eigenvalue weighted by atomic mass is 10.2. The number of hydrogen-bond donors (Lipinski definition) is 2. The molecule has 0 amide bonds. The van der Waals surface area contributed by atoms with Crippen molar-refractivity contribution in [3.05, 3.63) is 24.3 Å². The van der Waals surface area contributed by atoms with Gasteiger partial charge in [0, 0.05) is 6.26 Å². The molecular weight excluding hydrogens is 334 g/mol. The lowest BCUT2D eigenvalue weighted by Crippen LogP contribution is -2.41. The number of benzene rings is 1. The SMILES string of the molecule is COc1ccc(S(=O)(=O)N[C@H](CCS(C)(=O)=O)C(=O)O)cc1. The lowest BCUT2D eigenvalue weighted by molar-refractivity contribution is -0.139. The predicted octanol–water partition coefficient (Wildman–Crippen LogP) is -0.139. The second-order valence-corrected chi connectivity index (χ2v) is 8.58. The minimum atomic E-state index is -4.08. The average Bonchev–Trinajstić information content (AvgIpc) is 2.42.